The fraction of sp³-hybridized carbons (Fsp3) is 0.407. The molecule has 0 aromatic heterocycles. The minimum Gasteiger partial charge on any atom is -0.484 e. The first-order chi connectivity index (χ1) is 17.7. The molecule has 1 aliphatic heterocycles. The molecule has 0 saturated carbocycles. The summed E-state index contributed by atoms with van der Waals surface area (Å²) in [5, 5.41) is 5.16. The first-order valence-electron chi connectivity index (χ1n) is 12.0. The number of halogens is 3. The van der Waals surface area contributed by atoms with Crippen LogP contribution in [0, 0.1) is 11.7 Å². The van der Waals surface area contributed by atoms with Crippen LogP contribution in [0.1, 0.15) is 66.9 Å². The Hall–Kier alpha value is -3.21. The second-order valence-corrected chi connectivity index (χ2v) is 10.4. The SMILES string of the molecule is CC(=O)c1ccc2c(c1)[C@H](NC(=O)c1ccc(F)c(Cl)c1)[C@H](OC(=O)[C@@H](NC(=O)CN)C(C)C)C(C)(C)O2.Cl. The van der Waals surface area contributed by atoms with Gasteiger partial charge >= 0.3 is 5.97 Å². The molecule has 0 bridgehead atoms. The van der Waals surface area contributed by atoms with Crippen LogP contribution in [-0.2, 0) is 14.3 Å². The van der Waals surface area contributed by atoms with Gasteiger partial charge in [0.2, 0.25) is 5.91 Å². The molecule has 12 heteroatoms. The number of carbonyl (C=O) groups is 4. The van der Waals surface area contributed by atoms with E-state index in [1.54, 1.807) is 45.9 Å². The second-order valence-electron chi connectivity index (χ2n) is 9.95. The lowest BCUT2D eigenvalue weighted by Crippen LogP contribution is -2.57. The van der Waals surface area contributed by atoms with Crippen molar-refractivity contribution in [1.82, 2.24) is 10.6 Å². The minimum atomic E-state index is -1.15. The van der Waals surface area contributed by atoms with Crippen LogP contribution in [0.4, 0.5) is 4.39 Å². The smallest absolute Gasteiger partial charge is 0.329 e. The Morgan fingerprint density at radius 2 is 1.77 bits per heavy atom. The van der Waals surface area contributed by atoms with Gasteiger partial charge in [-0.15, -0.1) is 12.4 Å². The molecular weight excluding hydrogens is 552 g/mol. The summed E-state index contributed by atoms with van der Waals surface area (Å²) in [4.78, 5) is 50.6. The molecule has 3 rings (SSSR count). The zero-order valence-corrected chi connectivity index (χ0v) is 23.7. The summed E-state index contributed by atoms with van der Waals surface area (Å²) in [6.45, 7) is 7.92. The Morgan fingerprint density at radius 3 is 2.33 bits per heavy atom. The normalized spacial score (nSPS) is 18.1. The summed E-state index contributed by atoms with van der Waals surface area (Å²) in [5.74, 6) is -2.76. The summed E-state index contributed by atoms with van der Waals surface area (Å²) in [7, 11) is 0. The quantitative estimate of drug-likeness (QED) is 0.318. The Labute approximate surface area is 237 Å². The van der Waals surface area contributed by atoms with Crippen LogP contribution in [0.2, 0.25) is 5.02 Å². The van der Waals surface area contributed by atoms with Crippen molar-refractivity contribution in [2.24, 2.45) is 11.7 Å². The number of hydrogen-bond donors (Lipinski definition) is 3. The fourth-order valence-corrected chi connectivity index (χ4v) is 4.34. The molecule has 2 aromatic carbocycles. The van der Waals surface area contributed by atoms with Crippen LogP contribution in [0.3, 0.4) is 0 Å². The highest BCUT2D eigenvalue weighted by molar-refractivity contribution is 6.31. The zero-order valence-electron chi connectivity index (χ0n) is 22.2. The average Bonchev–Trinajstić information content (AvgIpc) is 2.84. The average molecular weight is 584 g/mol. The summed E-state index contributed by atoms with van der Waals surface area (Å²) in [6, 6.07) is 6.29. The van der Waals surface area contributed by atoms with E-state index in [4.69, 9.17) is 26.8 Å². The standard InChI is InChI=1S/C27H31ClFN3O6.ClH/c1-13(2)22(31-21(34)12-30)26(36)37-24-23(32-25(35)16-6-8-19(29)18(28)11-16)17-10-15(14(3)33)7-9-20(17)38-27(24,4)5;/h6-11,13,22-24H,12,30H2,1-5H3,(H,31,34)(H,32,35);1H/t22-,23-,24-;/m0./s1. The number of nitrogens with two attached hydrogens (primary N) is 1. The minimum absolute atomic E-state index is 0. The maximum atomic E-state index is 13.7. The fourth-order valence-electron chi connectivity index (χ4n) is 4.16. The van der Waals surface area contributed by atoms with E-state index in [-0.39, 0.29) is 41.2 Å². The van der Waals surface area contributed by atoms with Crippen molar-refractivity contribution in [3.63, 3.8) is 0 Å². The number of amides is 2. The molecular formula is C27H32Cl2FN3O6. The molecule has 0 aliphatic carbocycles. The molecule has 1 aliphatic rings. The van der Waals surface area contributed by atoms with Gasteiger partial charge in [0.05, 0.1) is 17.6 Å². The van der Waals surface area contributed by atoms with Crippen LogP contribution in [0.5, 0.6) is 5.75 Å². The van der Waals surface area contributed by atoms with Crippen molar-refractivity contribution in [2.45, 2.75) is 58.4 Å². The monoisotopic (exact) mass is 583 g/mol. The molecule has 2 amide bonds. The van der Waals surface area contributed by atoms with Gasteiger partial charge in [-0.25, -0.2) is 9.18 Å². The van der Waals surface area contributed by atoms with Gasteiger partial charge in [-0.3, -0.25) is 14.4 Å². The highest BCUT2D eigenvalue weighted by Gasteiger charge is 2.48. The molecule has 0 spiro atoms. The number of ketones is 1. The van der Waals surface area contributed by atoms with Crippen LogP contribution < -0.4 is 21.1 Å². The molecule has 1 heterocycles. The third kappa shape index (κ3) is 7.26. The van der Waals surface area contributed by atoms with Gasteiger partial charge in [-0.1, -0.05) is 25.4 Å². The lowest BCUT2D eigenvalue weighted by molar-refractivity contribution is -0.169. The van der Waals surface area contributed by atoms with Gasteiger partial charge in [-0.2, -0.15) is 0 Å². The van der Waals surface area contributed by atoms with E-state index in [1.165, 1.54) is 19.1 Å². The van der Waals surface area contributed by atoms with Gasteiger partial charge in [-0.05, 0) is 63.1 Å². The van der Waals surface area contributed by atoms with Crippen molar-refractivity contribution < 1.29 is 33.0 Å². The second kappa shape index (κ2) is 12.8. The van der Waals surface area contributed by atoms with Crippen LogP contribution in [0.15, 0.2) is 36.4 Å². The third-order valence-corrected chi connectivity index (χ3v) is 6.54. The van der Waals surface area contributed by atoms with E-state index in [0.29, 0.717) is 16.9 Å². The number of fused-ring (bicyclic) bond motifs is 1. The van der Waals surface area contributed by atoms with E-state index < -0.39 is 47.4 Å². The molecule has 212 valence electrons. The molecule has 0 fully saturated rings. The largest absolute Gasteiger partial charge is 0.484 e. The summed E-state index contributed by atoms with van der Waals surface area (Å²) in [5.41, 5.74) is 5.08. The van der Waals surface area contributed by atoms with Gasteiger partial charge in [0.1, 0.15) is 23.2 Å². The number of Topliss-reactive ketones (excluding diaryl/α,β-unsaturated/α-hetero) is 1. The lowest BCUT2D eigenvalue weighted by atomic mass is 9.85. The Morgan fingerprint density at radius 1 is 1.13 bits per heavy atom. The van der Waals surface area contributed by atoms with Crippen molar-refractivity contribution in [2.75, 3.05) is 6.54 Å². The van der Waals surface area contributed by atoms with Crippen LogP contribution >= 0.6 is 24.0 Å². The van der Waals surface area contributed by atoms with E-state index in [2.05, 4.69) is 10.6 Å². The molecule has 2 aromatic rings. The van der Waals surface area contributed by atoms with Crippen molar-refractivity contribution in [3.05, 3.63) is 63.9 Å². The number of carbonyl (C=O) groups excluding carboxylic acids is 4. The van der Waals surface area contributed by atoms with E-state index in [9.17, 15) is 23.6 Å². The van der Waals surface area contributed by atoms with Crippen molar-refractivity contribution in [1.29, 1.82) is 0 Å². The number of benzene rings is 2. The predicted molar refractivity (Wildman–Crippen MR) is 146 cm³/mol. The van der Waals surface area contributed by atoms with Crippen molar-refractivity contribution >= 4 is 47.6 Å². The van der Waals surface area contributed by atoms with Crippen LogP contribution in [-0.4, -0.2) is 47.9 Å². The molecule has 0 saturated heterocycles. The number of esters is 1. The van der Waals surface area contributed by atoms with Crippen molar-refractivity contribution in [3.8, 4) is 5.75 Å². The first kappa shape index (κ1) is 32.0. The highest BCUT2D eigenvalue weighted by atomic mass is 35.5. The highest BCUT2D eigenvalue weighted by Crippen LogP contribution is 2.42. The van der Waals surface area contributed by atoms with Gasteiger partial charge in [0, 0.05) is 16.7 Å². The lowest BCUT2D eigenvalue weighted by Gasteiger charge is -2.44. The van der Waals surface area contributed by atoms with E-state index in [1.807, 2.05) is 0 Å². The molecule has 0 unspecified atom stereocenters. The predicted octanol–water partition coefficient (Wildman–Crippen LogP) is 3.76. The van der Waals surface area contributed by atoms with Gasteiger partial charge in [0.25, 0.3) is 5.91 Å². The van der Waals surface area contributed by atoms with Gasteiger partial charge in [0.15, 0.2) is 11.9 Å². The number of hydrogen-bond acceptors (Lipinski definition) is 7. The zero-order chi connectivity index (χ0) is 28.4. The van der Waals surface area contributed by atoms with Crippen LogP contribution in [0.25, 0.3) is 0 Å². The topological polar surface area (TPSA) is 137 Å². The van der Waals surface area contributed by atoms with E-state index in [0.717, 1.165) is 6.07 Å². The maximum Gasteiger partial charge on any atom is 0.329 e. The molecule has 4 N–H and O–H groups in total. The number of ether oxygens (including phenoxy) is 2. The van der Waals surface area contributed by atoms with Gasteiger partial charge < -0.3 is 25.8 Å². The molecule has 3 atom stereocenters. The summed E-state index contributed by atoms with van der Waals surface area (Å²) in [6.07, 6.45) is -1.10. The Balaban J connectivity index is 0.00000533. The number of rotatable bonds is 8. The first-order valence-corrected chi connectivity index (χ1v) is 12.4. The Bertz CT molecular complexity index is 1270. The number of nitrogens with one attached hydrogen (secondary N) is 2. The Kier molecular flexibility index (Phi) is 10.5. The molecule has 39 heavy (non-hydrogen) atoms. The van der Waals surface area contributed by atoms with E-state index >= 15 is 0 Å². The summed E-state index contributed by atoms with van der Waals surface area (Å²) >= 11 is 5.87. The molecule has 9 nitrogen and oxygen atoms in total. The maximum absolute atomic E-state index is 13.7. The third-order valence-electron chi connectivity index (χ3n) is 6.25. The molecule has 0 radical (unpaired) electrons. The summed E-state index contributed by atoms with van der Waals surface area (Å²) < 4.78 is 25.8.